The van der Waals surface area contributed by atoms with Crippen LogP contribution in [-0.4, -0.2) is 40.8 Å². The summed E-state index contributed by atoms with van der Waals surface area (Å²) >= 11 is 0. The zero-order valence-corrected chi connectivity index (χ0v) is 17.7. The van der Waals surface area contributed by atoms with Gasteiger partial charge in [0.2, 0.25) is 0 Å². The van der Waals surface area contributed by atoms with E-state index in [1.807, 2.05) is 13.8 Å². The van der Waals surface area contributed by atoms with Crippen molar-refractivity contribution < 1.29 is 24.2 Å². The summed E-state index contributed by atoms with van der Waals surface area (Å²) in [4.78, 5) is 25.0. The lowest BCUT2D eigenvalue weighted by atomic mass is 9.51. The Hall–Kier alpha value is -1.56. The van der Waals surface area contributed by atoms with Gasteiger partial charge in [-0.1, -0.05) is 30.2 Å². The van der Waals surface area contributed by atoms with Crippen LogP contribution in [0.2, 0.25) is 0 Å². The van der Waals surface area contributed by atoms with Crippen LogP contribution in [0.1, 0.15) is 53.4 Å². The maximum atomic E-state index is 13.1. The average Bonchev–Trinajstić information content (AvgIpc) is 3.07. The van der Waals surface area contributed by atoms with Gasteiger partial charge < -0.3 is 14.6 Å². The maximum absolute atomic E-state index is 13.1. The first-order valence-electron chi connectivity index (χ1n) is 10.7. The summed E-state index contributed by atoms with van der Waals surface area (Å²) in [6.45, 7) is 7.53. The summed E-state index contributed by atoms with van der Waals surface area (Å²) in [6.07, 6.45) is 10.8. The molecule has 0 aromatic carbocycles. The van der Waals surface area contributed by atoms with Crippen molar-refractivity contribution in [2.24, 2.45) is 22.7 Å². The number of Topliss-reactive ketones (excluding diaryl/α,β-unsaturated/α-hetero) is 1. The molecule has 29 heavy (non-hydrogen) atoms. The molecule has 2 saturated carbocycles. The quantitative estimate of drug-likeness (QED) is 0.723. The predicted molar refractivity (Wildman–Crippen MR) is 107 cm³/mol. The molecule has 5 nitrogen and oxygen atoms in total. The van der Waals surface area contributed by atoms with Crippen molar-refractivity contribution in [3.8, 4) is 0 Å². The number of rotatable bonds is 2. The molecule has 6 atom stereocenters. The molecule has 5 aliphatic rings. The Morgan fingerprint density at radius 1 is 1.28 bits per heavy atom. The minimum absolute atomic E-state index is 0.0732. The van der Waals surface area contributed by atoms with E-state index >= 15 is 0 Å². The summed E-state index contributed by atoms with van der Waals surface area (Å²) < 4.78 is 12.6. The largest absolute Gasteiger partial charge is 0.388 e. The maximum Gasteiger partial charge on any atom is 0.193 e. The Kier molecular flexibility index (Phi) is 3.86. The first kappa shape index (κ1) is 19.4. The standard InChI is InChI=1S/C24H30O5/c1-21(2)28-20-12-18-16-6-5-14-11-15(26)7-9-22(14,3)17(16)8-10-23(18,4)24(20,29-21)19(27)13-25/h7-9,11,16,18,20,25H,5-6,10,12-13H2,1-4H3/t16?,18?,20-,22+,23+,24-/m1/s1. The average molecular weight is 398 g/mol. The van der Waals surface area contributed by atoms with Gasteiger partial charge in [0.25, 0.3) is 0 Å². The monoisotopic (exact) mass is 398 g/mol. The fraction of sp³-hybridized carbons (Fsp3) is 0.667. The van der Waals surface area contributed by atoms with E-state index in [1.54, 1.807) is 12.2 Å². The summed E-state index contributed by atoms with van der Waals surface area (Å²) in [5.74, 6) is -0.472. The highest BCUT2D eigenvalue weighted by Crippen LogP contribution is 2.68. The normalized spacial score (nSPS) is 46.9. The zero-order valence-electron chi connectivity index (χ0n) is 17.7. The van der Waals surface area contributed by atoms with Crippen molar-refractivity contribution in [3.05, 3.63) is 35.5 Å². The zero-order chi connectivity index (χ0) is 20.8. The van der Waals surface area contributed by atoms with Crippen molar-refractivity contribution in [2.45, 2.75) is 70.9 Å². The summed E-state index contributed by atoms with van der Waals surface area (Å²) in [7, 11) is 0. The number of carbonyl (C=O) groups excluding carboxylic acids is 2. The molecule has 0 radical (unpaired) electrons. The third-order valence-electron chi connectivity index (χ3n) is 8.50. The number of aliphatic hydroxyl groups is 1. The molecule has 0 spiro atoms. The van der Waals surface area contributed by atoms with Gasteiger partial charge in [0.05, 0.1) is 6.10 Å². The van der Waals surface area contributed by atoms with Crippen LogP contribution in [-0.2, 0) is 19.1 Å². The van der Waals surface area contributed by atoms with E-state index in [1.165, 1.54) is 11.1 Å². The van der Waals surface area contributed by atoms with Gasteiger partial charge >= 0.3 is 0 Å². The van der Waals surface area contributed by atoms with Crippen LogP contribution in [0.4, 0.5) is 0 Å². The first-order valence-corrected chi connectivity index (χ1v) is 10.7. The van der Waals surface area contributed by atoms with E-state index in [0.717, 1.165) is 19.3 Å². The second kappa shape index (κ2) is 5.77. The molecule has 5 heteroatoms. The van der Waals surface area contributed by atoms with E-state index in [0.29, 0.717) is 12.3 Å². The van der Waals surface area contributed by atoms with Crippen LogP contribution >= 0.6 is 0 Å². The smallest absolute Gasteiger partial charge is 0.193 e. The van der Waals surface area contributed by atoms with E-state index in [4.69, 9.17) is 9.47 Å². The number of ketones is 2. The lowest BCUT2D eigenvalue weighted by Crippen LogP contribution is -2.59. The van der Waals surface area contributed by atoms with Gasteiger partial charge in [-0.25, -0.2) is 0 Å². The topological polar surface area (TPSA) is 72.8 Å². The van der Waals surface area contributed by atoms with Gasteiger partial charge in [-0.3, -0.25) is 9.59 Å². The van der Waals surface area contributed by atoms with E-state index in [9.17, 15) is 14.7 Å². The molecule has 0 aromatic rings. The third kappa shape index (κ3) is 2.27. The van der Waals surface area contributed by atoms with Gasteiger partial charge in [-0.05, 0) is 70.4 Å². The highest BCUT2D eigenvalue weighted by molar-refractivity contribution is 6.01. The Bertz CT molecular complexity index is 895. The number of fused-ring (bicyclic) bond motifs is 7. The van der Waals surface area contributed by atoms with Crippen LogP contribution in [0.25, 0.3) is 0 Å². The third-order valence-corrected chi connectivity index (χ3v) is 8.50. The molecule has 0 amide bonds. The lowest BCUT2D eigenvalue weighted by molar-refractivity contribution is -0.206. The number of hydrogen-bond donors (Lipinski definition) is 1. The molecule has 2 unspecified atom stereocenters. The molecular formula is C24H30O5. The van der Waals surface area contributed by atoms with Gasteiger partial charge in [0.15, 0.2) is 23.0 Å². The van der Waals surface area contributed by atoms with E-state index in [-0.39, 0.29) is 29.0 Å². The first-order chi connectivity index (χ1) is 13.6. The Balaban J connectivity index is 1.61. The van der Waals surface area contributed by atoms with Crippen LogP contribution in [0.5, 0.6) is 0 Å². The number of aliphatic hydroxyl groups excluding tert-OH is 1. The number of hydrogen-bond acceptors (Lipinski definition) is 5. The lowest BCUT2D eigenvalue weighted by Gasteiger charge is -2.54. The minimum atomic E-state index is -1.10. The van der Waals surface area contributed by atoms with Crippen molar-refractivity contribution in [2.75, 3.05) is 6.61 Å². The van der Waals surface area contributed by atoms with Crippen LogP contribution in [0.3, 0.4) is 0 Å². The van der Waals surface area contributed by atoms with Crippen molar-refractivity contribution in [3.63, 3.8) is 0 Å². The molecule has 1 heterocycles. The molecule has 1 aliphatic heterocycles. The summed E-state index contributed by atoms with van der Waals surface area (Å²) in [6, 6.07) is 0. The molecule has 156 valence electrons. The fourth-order valence-corrected chi connectivity index (χ4v) is 7.25. The molecule has 0 aromatic heterocycles. The van der Waals surface area contributed by atoms with Crippen LogP contribution < -0.4 is 0 Å². The molecule has 5 rings (SSSR count). The second-order valence-electron chi connectivity index (χ2n) is 10.3. The number of ether oxygens (including phenoxy) is 2. The molecule has 1 saturated heterocycles. The fourth-order valence-electron chi connectivity index (χ4n) is 7.25. The predicted octanol–water partition coefficient (Wildman–Crippen LogP) is 3.28. The summed E-state index contributed by atoms with van der Waals surface area (Å²) in [5, 5.41) is 9.82. The van der Waals surface area contributed by atoms with Crippen molar-refractivity contribution >= 4 is 11.6 Å². The van der Waals surface area contributed by atoms with Gasteiger partial charge in [0.1, 0.15) is 6.61 Å². The Morgan fingerprint density at radius 3 is 2.76 bits per heavy atom. The highest BCUT2D eigenvalue weighted by Gasteiger charge is 2.74. The van der Waals surface area contributed by atoms with E-state index in [2.05, 4.69) is 26.0 Å². The molecule has 1 N–H and O–H groups in total. The number of allylic oxidation sites excluding steroid dienone is 6. The van der Waals surface area contributed by atoms with Crippen LogP contribution in [0.15, 0.2) is 35.5 Å². The molecular weight excluding hydrogens is 368 g/mol. The molecule has 0 bridgehead atoms. The van der Waals surface area contributed by atoms with Crippen LogP contribution in [0, 0.1) is 22.7 Å². The second-order valence-corrected chi connectivity index (χ2v) is 10.3. The minimum Gasteiger partial charge on any atom is -0.388 e. The molecule has 3 fully saturated rings. The SMILES string of the molecule is CC1(C)O[C@@H]2CC3C4CCC5=CC(=O)C=C[C@]5(C)C4=CC[C@]3(C)[C@]2(C(=O)CO)O1. The van der Waals surface area contributed by atoms with E-state index < -0.39 is 23.4 Å². The number of carbonyl (C=O) groups is 2. The summed E-state index contributed by atoms with van der Waals surface area (Å²) in [5.41, 5.74) is 0.819. The van der Waals surface area contributed by atoms with Gasteiger partial charge in [-0.2, -0.15) is 0 Å². The Morgan fingerprint density at radius 2 is 2.03 bits per heavy atom. The van der Waals surface area contributed by atoms with Crippen molar-refractivity contribution in [1.29, 1.82) is 0 Å². The highest BCUT2D eigenvalue weighted by atomic mass is 16.8. The van der Waals surface area contributed by atoms with Gasteiger partial charge in [-0.15, -0.1) is 0 Å². The van der Waals surface area contributed by atoms with Gasteiger partial charge in [0, 0.05) is 10.8 Å². The van der Waals surface area contributed by atoms with Crippen molar-refractivity contribution in [1.82, 2.24) is 0 Å². The Labute approximate surface area is 171 Å². The molecule has 4 aliphatic carbocycles.